The fourth-order valence-electron chi connectivity index (χ4n) is 3.43. The lowest BCUT2D eigenvalue weighted by molar-refractivity contribution is 0.243. The number of nitrogens with zero attached hydrogens (tertiary/aromatic N) is 4. The molecule has 1 aliphatic carbocycles. The Hall–Kier alpha value is -2.44. The Morgan fingerprint density at radius 3 is 2.43 bits per heavy atom. The van der Waals surface area contributed by atoms with E-state index in [4.69, 9.17) is 22.1 Å². The first kappa shape index (κ1) is 18.9. The number of rotatable bonds is 8. The third-order valence-electron chi connectivity index (χ3n) is 5.06. The zero-order chi connectivity index (χ0) is 19.5. The first-order valence-corrected chi connectivity index (χ1v) is 10.1. The highest BCUT2D eigenvalue weighted by molar-refractivity contribution is 7.71. The van der Waals surface area contributed by atoms with Crippen molar-refractivity contribution < 1.29 is 4.74 Å². The third kappa shape index (κ3) is 4.34. The molecule has 1 fully saturated rings. The van der Waals surface area contributed by atoms with Crippen LogP contribution in [-0.4, -0.2) is 33.4 Å². The van der Waals surface area contributed by atoms with Gasteiger partial charge in [0.25, 0.3) is 0 Å². The summed E-state index contributed by atoms with van der Waals surface area (Å²) >= 11 is 5.80. The van der Waals surface area contributed by atoms with Crippen LogP contribution < -0.4 is 4.74 Å². The fourth-order valence-corrected chi connectivity index (χ4v) is 3.69. The van der Waals surface area contributed by atoms with E-state index in [0.29, 0.717) is 12.6 Å². The molecule has 2 aromatic carbocycles. The first-order chi connectivity index (χ1) is 13.6. The summed E-state index contributed by atoms with van der Waals surface area (Å²) in [4.78, 5) is 2.23. The van der Waals surface area contributed by atoms with Gasteiger partial charge in [-0.2, -0.15) is 5.10 Å². The van der Waals surface area contributed by atoms with Gasteiger partial charge in [-0.05, 0) is 55.4 Å². The van der Waals surface area contributed by atoms with E-state index in [1.165, 1.54) is 24.0 Å². The maximum absolute atomic E-state index is 5.80. The molecule has 0 atom stereocenters. The Balaban J connectivity index is 1.51. The van der Waals surface area contributed by atoms with Crippen molar-refractivity contribution in [1.29, 1.82) is 0 Å². The summed E-state index contributed by atoms with van der Waals surface area (Å²) < 4.78 is 10.2. The standard InChI is InChI=1S/C22H26N4OS/c1-24(14-18-8-12-20(27-2)13-9-18)16-26-22(28)25(21(23-26)19-10-11-19)15-17-6-4-3-5-7-17/h3-9,12-13,19H,10-11,14-16H2,1-2H3. The van der Waals surface area contributed by atoms with Gasteiger partial charge in [-0.25, -0.2) is 4.68 Å². The fraction of sp³-hybridized carbons (Fsp3) is 0.364. The van der Waals surface area contributed by atoms with Crippen LogP contribution in [0.15, 0.2) is 54.6 Å². The molecule has 0 N–H and O–H groups in total. The largest absolute Gasteiger partial charge is 0.497 e. The van der Waals surface area contributed by atoms with E-state index in [-0.39, 0.29) is 0 Å². The molecule has 6 heteroatoms. The smallest absolute Gasteiger partial charge is 0.199 e. The minimum atomic E-state index is 0.554. The highest BCUT2D eigenvalue weighted by Crippen LogP contribution is 2.39. The molecule has 1 saturated carbocycles. The minimum Gasteiger partial charge on any atom is -0.497 e. The number of aromatic nitrogens is 3. The zero-order valence-corrected chi connectivity index (χ0v) is 17.2. The van der Waals surface area contributed by atoms with Crippen LogP contribution in [0.25, 0.3) is 0 Å². The molecule has 28 heavy (non-hydrogen) atoms. The lowest BCUT2D eigenvalue weighted by Crippen LogP contribution is -2.22. The van der Waals surface area contributed by atoms with Crippen LogP contribution in [0.4, 0.5) is 0 Å². The molecule has 0 amide bonds. The van der Waals surface area contributed by atoms with Gasteiger partial charge in [0.05, 0.1) is 20.3 Å². The van der Waals surface area contributed by atoms with Crippen LogP contribution in [0.3, 0.4) is 0 Å². The van der Waals surface area contributed by atoms with Gasteiger partial charge in [-0.1, -0.05) is 42.5 Å². The molecule has 0 aliphatic heterocycles. The van der Waals surface area contributed by atoms with Crippen molar-refractivity contribution in [2.45, 2.75) is 38.5 Å². The molecule has 0 saturated heterocycles. The van der Waals surface area contributed by atoms with Crippen molar-refractivity contribution in [3.8, 4) is 5.75 Å². The van der Waals surface area contributed by atoms with Crippen LogP contribution >= 0.6 is 12.2 Å². The highest BCUT2D eigenvalue weighted by atomic mass is 32.1. The van der Waals surface area contributed by atoms with Crippen molar-refractivity contribution in [3.63, 3.8) is 0 Å². The highest BCUT2D eigenvalue weighted by Gasteiger charge is 2.30. The van der Waals surface area contributed by atoms with E-state index in [1.807, 2.05) is 22.9 Å². The Bertz CT molecular complexity index is 974. The van der Waals surface area contributed by atoms with E-state index < -0.39 is 0 Å². The number of ether oxygens (including phenoxy) is 1. The molecule has 1 aromatic heterocycles. The van der Waals surface area contributed by atoms with Gasteiger partial charge in [0.1, 0.15) is 11.6 Å². The maximum atomic E-state index is 5.80. The van der Waals surface area contributed by atoms with Gasteiger partial charge in [0.2, 0.25) is 0 Å². The first-order valence-electron chi connectivity index (χ1n) is 9.67. The van der Waals surface area contributed by atoms with E-state index in [1.54, 1.807) is 7.11 Å². The number of benzene rings is 2. The number of methoxy groups -OCH3 is 1. The van der Waals surface area contributed by atoms with E-state index in [0.717, 1.165) is 29.4 Å². The Kier molecular flexibility index (Phi) is 5.59. The van der Waals surface area contributed by atoms with Crippen molar-refractivity contribution in [2.75, 3.05) is 14.2 Å². The minimum absolute atomic E-state index is 0.554. The second-order valence-electron chi connectivity index (χ2n) is 7.49. The van der Waals surface area contributed by atoms with Crippen molar-refractivity contribution in [1.82, 2.24) is 19.2 Å². The molecule has 1 heterocycles. The van der Waals surface area contributed by atoms with Crippen LogP contribution in [0.1, 0.15) is 35.7 Å². The van der Waals surface area contributed by atoms with Crippen LogP contribution in [0.2, 0.25) is 0 Å². The normalized spacial score (nSPS) is 13.8. The average Bonchev–Trinajstić information content (AvgIpc) is 3.51. The monoisotopic (exact) mass is 394 g/mol. The topological polar surface area (TPSA) is 35.2 Å². The molecule has 3 aromatic rings. The van der Waals surface area contributed by atoms with E-state index >= 15 is 0 Å². The van der Waals surface area contributed by atoms with Crippen molar-refractivity contribution in [3.05, 3.63) is 76.3 Å². The Morgan fingerprint density at radius 2 is 1.79 bits per heavy atom. The SMILES string of the molecule is COc1ccc(CN(C)Cn2nc(C3CC3)n(Cc3ccccc3)c2=S)cc1. The van der Waals surface area contributed by atoms with Crippen LogP contribution in [-0.2, 0) is 19.8 Å². The molecule has 5 nitrogen and oxygen atoms in total. The third-order valence-corrected chi connectivity index (χ3v) is 5.50. The molecular weight excluding hydrogens is 368 g/mol. The van der Waals surface area contributed by atoms with Gasteiger partial charge in [-0.15, -0.1) is 0 Å². The van der Waals surface area contributed by atoms with Gasteiger partial charge in [0, 0.05) is 12.5 Å². The Morgan fingerprint density at radius 1 is 1.07 bits per heavy atom. The molecule has 0 spiro atoms. The second-order valence-corrected chi connectivity index (χ2v) is 7.86. The lowest BCUT2D eigenvalue weighted by atomic mass is 10.2. The van der Waals surface area contributed by atoms with E-state index in [9.17, 15) is 0 Å². The predicted octanol–water partition coefficient (Wildman–Crippen LogP) is 4.44. The number of hydrogen-bond acceptors (Lipinski definition) is 4. The quantitative estimate of drug-likeness (QED) is 0.529. The molecule has 0 unspecified atom stereocenters. The summed E-state index contributed by atoms with van der Waals surface area (Å²) in [6.45, 7) is 2.29. The molecule has 0 bridgehead atoms. The summed E-state index contributed by atoms with van der Waals surface area (Å²) in [6, 6.07) is 18.7. The summed E-state index contributed by atoms with van der Waals surface area (Å²) in [7, 11) is 3.78. The average molecular weight is 395 g/mol. The lowest BCUT2D eigenvalue weighted by Gasteiger charge is -2.16. The Labute approximate surface area is 171 Å². The van der Waals surface area contributed by atoms with Gasteiger partial charge >= 0.3 is 0 Å². The summed E-state index contributed by atoms with van der Waals surface area (Å²) in [6.07, 6.45) is 2.42. The summed E-state index contributed by atoms with van der Waals surface area (Å²) in [5.41, 5.74) is 2.49. The van der Waals surface area contributed by atoms with Gasteiger partial charge in [-0.3, -0.25) is 9.47 Å². The van der Waals surface area contributed by atoms with Crippen LogP contribution in [0, 0.1) is 4.77 Å². The zero-order valence-electron chi connectivity index (χ0n) is 16.4. The molecule has 4 rings (SSSR count). The number of hydrogen-bond donors (Lipinski definition) is 0. The predicted molar refractivity (Wildman–Crippen MR) is 113 cm³/mol. The molecule has 146 valence electrons. The summed E-state index contributed by atoms with van der Waals surface area (Å²) in [5, 5.41) is 4.89. The second kappa shape index (κ2) is 8.29. The van der Waals surface area contributed by atoms with Gasteiger partial charge in [0.15, 0.2) is 4.77 Å². The van der Waals surface area contributed by atoms with Crippen molar-refractivity contribution >= 4 is 12.2 Å². The summed E-state index contributed by atoms with van der Waals surface area (Å²) in [5.74, 6) is 2.56. The van der Waals surface area contributed by atoms with E-state index in [2.05, 4.69) is 52.9 Å². The molecule has 1 aliphatic rings. The van der Waals surface area contributed by atoms with Crippen LogP contribution in [0.5, 0.6) is 5.75 Å². The maximum Gasteiger partial charge on any atom is 0.199 e. The molecular formula is C22H26N4OS. The van der Waals surface area contributed by atoms with Crippen molar-refractivity contribution in [2.24, 2.45) is 0 Å². The van der Waals surface area contributed by atoms with Gasteiger partial charge < -0.3 is 4.74 Å². The molecule has 0 radical (unpaired) electrons.